The average molecular weight is 493 g/mol. The third-order valence-electron chi connectivity index (χ3n) is 7.06. The second kappa shape index (κ2) is 10.3. The Balaban J connectivity index is 1.93. The molecule has 0 radical (unpaired) electrons. The van der Waals surface area contributed by atoms with Crippen molar-refractivity contribution in [1.82, 2.24) is 0 Å². The van der Waals surface area contributed by atoms with E-state index in [0.29, 0.717) is 11.5 Å². The van der Waals surface area contributed by atoms with E-state index in [1.54, 1.807) is 14.2 Å². The Kier molecular flexibility index (Phi) is 6.37. The van der Waals surface area contributed by atoms with Gasteiger partial charge in [-0.15, -0.1) is 0 Å². The lowest BCUT2D eigenvalue weighted by molar-refractivity contribution is 0.356. The van der Waals surface area contributed by atoms with Crippen molar-refractivity contribution in [3.8, 4) is 56.0 Å². The molecule has 184 valence electrons. The monoisotopic (exact) mass is 492 g/mol. The van der Waals surface area contributed by atoms with E-state index in [4.69, 9.17) is 9.47 Å². The molecule has 2 nitrogen and oxygen atoms in total. The summed E-state index contributed by atoms with van der Waals surface area (Å²) in [5.41, 5.74) is 9.37. The summed E-state index contributed by atoms with van der Waals surface area (Å²) in [6.45, 7) is 0. The highest BCUT2D eigenvalue weighted by atomic mass is 16.5. The molecule has 0 saturated heterocycles. The van der Waals surface area contributed by atoms with Crippen molar-refractivity contribution in [3.63, 3.8) is 0 Å². The quantitative estimate of drug-likeness (QED) is 0.230. The minimum absolute atomic E-state index is 0.711. The maximum absolute atomic E-state index is 5.82. The van der Waals surface area contributed by atoms with Gasteiger partial charge in [-0.3, -0.25) is 0 Å². The molecule has 0 spiro atoms. The van der Waals surface area contributed by atoms with E-state index in [1.165, 1.54) is 33.4 Å². The standard InChI is InChI=1S/C36H28O2/c1-37-31-23-29-30(24-32(31)38-2)34(26-17-9-4-10-18-26)36(28-21-13-6-14-22-28)35(27-19-11-5-12-20-27)33(29)25-15-7-3-8-16-25/h3-24H,1-2H3. The van der Waals surface area contributed by atoms with Crippen molar-refractivity contribution in [2.24, 2.45) is 0 Å². The number of hydrogen-bond donors (Lipinski definition) is 0. The first-order valence-corrected chi connectivity index (χ1v) is 12.8. The smallest absolute Gasteiger partial charge is 0.161 e. The van der Waals surface area contributed by atoms with Crippen LogP contribution >= 0.6 is 0 Å². The minimum atomic E-state index is 0.711. The van der Waals surface area contributed by atoms with Crippen LogP contribution < -0.4 is 9.47 Å². The van der Waals surface area contributed by atoms with Gasteiger partial charge < -0.3 is 9.47 Å². The van der Waals surface area contributed by atoms with Gasteiger partial charge in [-0.25, -0.2) is 0 Å². The Bertz CT molecular complexity index is 1560. The predicted octanol–water partition coefficient (Wildman–Crippen LogP) is 9.52. The Hall–Kier alpha value is -4.82. The zero-order valence-corrected chi connectivity index (χ0v) is 21.5. The Morgan fingerprint density at radius 2 is 0.605 bits per heavy atom. The summed E-state index contributed by atoms with van der Waals surface area (Å²) < 4.78 is 11.6. The summed E-state index contributed by atoms with van der Waals surface area (Å²) in [4.78, 5) is 0. The van der Waals surface area contributed by atoms with Crippen molar-refractivity contribution < 1.29 is 9.47 Å². The normalized spacial score (nSPS) is 10.9. The van der Waals surface area contributed by atoms with Crippen LogP contribution in [0.3, 0.4) is 0 Å². The van der Waals surface area contributed by atoms with Gasteiger partial charge in [0.1, 0.15) is 0 Å². The molecule has 0 aromatic heterocycles. The molecule has 6 rings (SSSR count). The summed E-state index contributed by atoms with van der Waals surface area (Å²) >= 11 is 0. The van der Waals surface area contributed by atoms with Crippen LogP contribution in [0.2, 0.25) is 0 Å². The largest absolute Gasteiger partial charge is 0.493 e. The molecule has 0 unspecified atom stereocenters. The third kappa shape index (κ3) is 4.10. The van der Waals surface area contributed by atoms with E-state index in [9.17, 15) is 0 Å². The topological polar surface area (TPSA) is 18.5 Å². The molecular formula is C36H28O2. The van der Waals surface area contributed by atoms with Crippen LogP contribution in [0, 0.1) is 0 Å². The molecule has 38 heavy (non-hydrogen) atoms. The van der Waals surface area contributed by atoms with Gasteiger partial charge in [0, 0.05) is 0 Å². The van der Waals surface area contributed by atoms with Gasteiger partial charge >= 0.3 is 0 Å². The van der Waals surface area contributed by atoms with E-state index in [0.717, 1.165) is 21.9 Å². The highest BCUT2D eigenvalue weighted by molar-refractivity contribution is 6.18. The Morgan fingerprint density at radius 1 is 0.342 bits per heavy atom. The van der Waals surface area contributed by atoms with Gasteiger partial charge in [-0.05, 0) is 67.4 Å². The molecule has 0 saturated carbocycles. The molecule has 0 N–H and O–H groups in total. The van der Waals surface area contributed by atoms with Crippen molar-refractivity contribution in [2.75, 3.05) is 14.2 Å². The molecule has 0 atom stereocenters. The van der Waals surface area contributed by atoms with Crippen LogP contribution in [0.25, 0.3) is 55.3 Å². The van der Waals surface area contributed by atoms with Crippen LogP contribution in [-0.2, 0) is 0 Å². The van der Waals surface area contributed by atoms with Gasteiger partial charge in [-0.1, -0.05) is 121 Å². The highest BCUT2D eigenvalue weighted by Crippen LogP contribution is 2.52. The number of ether oxygens (including phenoxy) is 2. The van der Waals surface area contributed by atoms with E-state index in [2.05, 4.69) is 133 Å². The summed E-state index contributed by atoms with van der Waals surface area (Å²) in [7, 11) is 3.39. The molecule has 0 heterocycles. The summed E-state index contributed by atoms with van der Waals surface area (Å²) in [5, 5.41) is 2.23. The number of benzene rings is 6. The fourth-order valence-electron chi connectivity index (χ4n) is 5.41. The fraction of sp³-hybridized carbons (Fsp3) is 0.0556. The highest BCUT2D eigenvalue weighted by Gasteiger charge is 2.25. The number of methoxy groups -OCH3 is 2. The zero-order chi connectivity index (χ0) is 25.9. The number of rotatable bonds is 6. The van der Waals surface area contributed by atoms with Crippen LogP contribution in [0.4, 0.5) is 0 Å². The van der Waals surface area contributed by atoms with Gasteiger partial charge in [0.05, 0.1) is 14.2 Å². The molecular weight excluding hydrogens is 464 g/mol. The van der Waals surface area contributed by atoms with Gasteiger partial charge in [-0.2, -0.15) is 0 Å². The maximum atomic E-state index is 5.82. The van der Waals surface area contributed by atoms with Crippen molar-refractivity contribution in [3.05, 3.63) is 133 Å². The Labute approximate surface area is 223 Å². The zero-order valence-electron chi connectivity index (χ0n) is 21.5. The molecule has 0 aliphatic carbocycles. The van der Waals surface area contributed by atoms with Gasteiger partial charge in [0.25, 0.3) is 0 Å². The second-order valence-corrected chi connectivity index (χ2v) is 9.22. The first kappa shape index (κ1) is 23.6. The molecule has 6 aromatic carbocycles. The molecule has 0 aliphatic rings. The average Bonchev–Trinajstić information content (AvgIpc) is 3.00. The predicted molar refractivity (Wildman–Crippen MR) is 159 cm³/mol. The van der Waals surface area contributed by atoms with Crippen LogP contribution in [0.15, 0.2) is 133 Å². The molecule has 0 amide bonds. The van der Waals surface area contributed by atoms with Crippen LogP contribution in [-0.4, -0.2) is 14.2 Å². The van der Waals surface area contributed by atoms with Gasteiger partial charge in [0.15, 0.2) is 11.5 Å². The summed E-state index contributed by atoms with van der Waals surface area (Å²) in [6.07, 6.45) is 0. The summed E-state index contributed by atoms with van der Waals surface area (Å²) in [5.74, 6) is 1.42. The molecule has 0 bridgehead atoms. The lowest BCUT2D eigenvalue weighted by Gasteiger charge is -2.25. The molecule has 2 heteroatoms. The fourth-order valence-corrected chi connectivity index (χ4v) is 5.41. The van der Waals surface area contributed by atoms with E-state index in [-0.39, 0.29) is 0 Å². The third-order valence-corrected chi connectivity index (χ3v) is 7.06. The second-order valence-electron chi connectivity index (χ2n) is 9.22. The molecule has 0 aliphatic heterocycles. The van der Waals surface area contributed by atoms with Crippen molar-refractivity contribution >= 4 is 10.8 Å². The lowest BCUT2D eigenvalue weighted by atomic mass is 9.79. The van der Waals surface area contributed by atoms with Gasteiger partial charge in [0.2, 0.25) is 0 Å². The van der Waals surface area contributed by atoms with E-state index in [1.807, 2.05) is 0 Å². The lowest BCUT2D eigenvalue weighted by Crippen LogP contribution is -1.99. The van der Waals surface area contributed by atoms with Crippen LogP contribution in [0.1, 0.15) is 0 Å². The first-order chi connectivity index (χ1) is 18.8. The summed E-state index contributed by atoms with van der Waals surface area (Å²) in [6, 6.07) is 46.9. The maximum Gasteiger partial charge on any atom is 0.161 e. The number of fused-ring (bicyclic) bond motifs is 1. The van der Waals surface area contributed by atoms with E-state index < -0.39 is 0 Å². The SMILES string of the molecule is COc1cc2c(-c3ccccc3)c(-c3ccccc3)c(-c3ccccc3)c(-c3ccccc3)c2cc1OC. The molecule has 0 fully saturated rings. The first-order valence-electron chi connectivity index (χ1n) is 12.8. The van der Waals surface area contributed by atoms with Crippen LogP contribution in [0.5, 0.6) is 11.5 Å². The number of hydrogen-bond acceptors (Lipinski definition) is 2. The minimum Gasteiger partial charge on any atom is -0.493 e. The Morgan fingerprint density at radius 3 is 0.868 bits per heavy atom. The molecule has 6 aromatic rings. The van der Waals surface area contributed by atoms with E-state index >= 15 is 0 Å². The van der Waals surface area contributed by atoms with Crippen molar-refractivity contribution in [1.29, 1.82) is 0 Å². The van der Waals surface area contributed by atoms with Crippen molar-refractivity contribution in [2.45, 2.75) is 0 Å².